The second-order valence-corrected chi connectivity index (χ2v) is 9.10. The zero-order valence-corrected chi connectivity index (χ0v) is 19.1. The number of aliphatic hydroxyl groups is 5. The van der Waals surface area contributed by atoms with Gasteiger partial charge in [-0.1, -0.05) is 31.2 Å². The third-order valence-corrected chi connectivity index (χ3v) is 6.85. The van der Waals surface area contributed by atoms with Crippen LogP contribution in [0.15, 0.2) is 36.4 Å². The summed E-state index contributed by atoms with van der Waals surface area (Å²) in [7, 11) is 0. The van der Waals surface area contributed by atoms with E-state index >= 15 is 0 Å². The molecule has 0 bridgehead atoms. The standard InChI is InChI=1S/C26H31NO7/c1-2-15-6-8-16(9-7-15)10-17-11-20(21(12-18(17)13-27)33-19-4-3-5-19)26(32)25(31)24(30)23(29)22(14-28)34-26/h6-9,11-12,19,22-25,28-32H,2-5,10,14H2,1H3/t22-,23-,24+,25-,26+/m1/s1. The molecule has 1 aliphatic carbocycles. The number of benzene rings is 2. The number of hydrogen-bond donors (Lipinski definition) is 5. The quantitative estimate of drug-likeness (QED) is 0.408. The smallest absolute Gasteiger partial charge is 0.226 e. The Kier molecular flexibility index (Phi) is 7.24. The molecule has 8 nitrogen and oxygen atoms in total. The Labute approximate surface area is 198 Å². The number of rotatable bonds is 7. The first kappa shape index (κ1) is 24.6. The van der Waals surface area contributed by atoms with Crippen LogP contribution in [0.3, 0.4) is 0 Å². The Balaban J connectivity index is 1.79. The number of aryl methyl sites for hydroxylation is 1. The Morgan fingerprint density at radius 3 is 2.32 bits per heavy atom. The highest BCUT2D eigenvalue weighted by Gasteiger charge is 2.55. The van der Waals surface area contributed by atoms with E-state index in [0.717, 1.165) is 31.2 Å². The molecule has 5 N–H and O–H groups in total. The van der Waals surface area contributed by atoms with Gasteiger partial charge in [-0.2, -0.15) is 5.26 Å². The summed E-state index contributed by atoms with van der Waals surface area (Å²) in [5, 5.41) is 62.2. The molecule has 0 unspecified atom stereocenters. The number of nitriles is 1. The maximum atomic E-state index is 11.5. The van der Waals surface area contributed by atoms with Gasteiger partial charge in [-0.05, 0) is 60.9 Å². The lowest BCUT2D eigenvalue weighted by Gasteiger charge is -2.46. The van der Waals surface area contributed by atoms with Gasteiger partial charge in [-0.25, -0.2) is 0 Å². The van der Waals surface area contributed by atoms with Crippen molar-refractivity contribution >= 4 is 0 Å². The third-order valence-electron chi connectivity index (χ3n) is 6.85. The molecule has 1 saturated carbocycles. The van der Waals surface area contributed by atoms with Crippen LogP contribution in [-0.4, -0.2) is 62.7 Å². The summed E-state index contributed by atoms with van der Waals surface area (Å²) in [6, 6.07) is 13.2. The molecule has 5 atom stereocenters. The molecule has 2 aromatic carbocycles. The van der Waals surface area contributed by atoms with Crippen molar-refractivity contribution in [1.29, 1.82) is 5.26 Å². The molecule has 0 spiro atoms. The minimum atomic E-state index is -2.47. The van der Waals surface area contributed by atoms with Gasteiger partial charge in [0, 0.05) is 0 Å². The Morgan fingerprint density at radius 1 is 1.09 bits per heavy atom. The minimum absolute atomic E-state index is 0.0375. The van der Waals surface area contributed by atoms with Gasteiger partial charge < -0.3 is 35.0 Å². The highest BCUT2D eigenvalue weighted by molar-refractivity contribution is 5.52. The maximum Gasteiger partial charge on any atom is 0.226 e. The Morgan fingerprint density at radius 2 is 1.76 bits per heavy atom. The monoisotopic (exact) mass is 469 g/mol. The van der Waals surface area contributed by atoms with Crippen LogP contribution in [-0.2, 0) is 23.4 Å². The molecule has 0 radical (unpaired) electrons. The van der Waals surface area contributed by atoms with E-state index in [0.29, 0.717) is 17.5 Å². The average molecular weight is 470 g/mol. The highest BCUT2D eigenvalue weighted by Crippen LogP contribution is 2.43. The molecule has 1 saturated heterocycles. The van der Waals surface area contributed by atoms with E-state index in [1.54, 1.807) is 6.07 Å². The van der Waals surface area contributed by atoms with E-state index in [4.69, 9.17) is 9.47 Å². The van der Waals surface area contributed by atoms with E-state index < -0.39 is 36.8 Å². The number of hydrogen-bond acceptors (Lipinski definition) is 8. The van der Waals surface area contributed by atoms with Gasteiger partial charge in [-0.15, -0.1) is 0 Å². The van der Waals surface area contributed by atoms with Crippen molar-refractivity contribution in [2.24, 2.45) is 0 Å². The van der Waals surface area contributed by atoms with Crippen LogP contribution < -0.4 is 4.74 Å². The van der Waals surface area contributed by atoms with E-state index in [9.17, 15) is 30.8 Å². The third kappa shape index (κ3) is 4.56. The molecule has 1 aliphatic heterocycles. The van der Waals surface area contributed by atoms with Crippen LogP contribution in [0.1, 0.15) is 54.0 Å². The van der Waals surface area contributed by atoms with Gasteiger partial charge in [0.05, 0.1) is 29.9 Å². The van der Waals surface area contributed by atoms with Gasteiger partial charge in [0.15, 0.2) is 0 Å². The lowest BCUT2D eigenvalue weighted by atomic mass is 9.85. The topological polar surface area (TPSA) is 143 Å². The molecule has 1 heterocycles. The molecule has 4 rings (SSSR count). The van der Waals surface area contributed by atoms with Crippen LogP contribution in [0, 0.1) is 11.3 Å². The van der Waals surface area contributed by atoms with Gasteiger partial charge >= 0.3 is 0 Å². The molecule has 2 aliphatic rings. The predicted molar refractivity (Wildman–Crippen MR) is 122 cm³/mol. The summed E-state index contributed by atoms with van der Waals surface area (Å²) in [6.07, 6.45) is -2.80. The largest absolute Gasteiger partial charge is 0.490 e. The average Bonchev–Trinajstić information content (AvgIpc) is 2.83. The normalized spacial score (nSPS) is 29.3. The fourth-order valence-corrected chi connectivity index (χ4v) is 4.41. The Hall–Kier alpha value is -2.51. The highest BCUT2D eigenvalue weighted by atomic mass is 16.7. The van der Waals surface area contributed by atoms with Crippen molar-refractivity contribution in [2.45, 2.75) is 75.3 Å². The zero-order valence-electron chi connectivity index (χ0n) is 19.1. The molecule has 34 heavy (non-hydrogen) atoms. The summed E-state index contributed by atoms with van der Waals surface area (Å²) >= 11 is 0. The molecular formula is C26H31NO7. The fourth-order valence-electron chi connectivity index (χ4n) is 4.41. The summed E-state index contributed by atoms with van der Waals surface area (Å²) < 4.78 is 11.6. The first-order chi connectivity index (χ1) is 16.3. The van der Waals surface area contributed by atoms with Crippen LogP contribution in [0.25, 0.3) is 0 Å². The van der Waals surface area contributed by atoms with Gasteiger partial charge in [0.2, 0.25) is 5.79 Å². The molecule has 0 amide bonds. The summed E-state index contributed by atoms with van der Waals surface area (Å²) in [5.41, 5.74) is 3.10. The molecule has 8 heteroatoms. The molecule has 2 aromatic rings. The number of nitrogens with zero attached hydrogens (tertiary/aromatic N) is 1. The van der Waals surface area contributed by atoms with Crippen molar-refractivity contribution in [2.75, 3.05) is 6.61 Å². The van der Waals surface area contributed by atoms with E-state index in [1.807, 2.05) is 24.3 Å². The first-order valence-corrected chi connectivity index (χ1v) is 11.7. The number of ether oxygens (including phenoxy) is 2. The molecule has 0 aromatic heterocycles. The van der Waals surface area contributed by atoms with Crippen LogP contribution in [0.2, 0.25) is 0 Å². The van der Waals surface area contributed by atoms with Crippen molar-refractivity contribution < 1.29 is 35.0 Å². The summed E-state index contributed by atoms with van der Waals surface area (Å²) in [5.74, 6) is -2.31. The van der Waals surface area contributed by atoms with Crippen molar-refractivity contribution in [1.82, 2.24) is 0 Å². The molecular weight excluding hydrogens is 438 g/mol. The lowest BCUT2D eigenvalue weighted by molar-refractivity contribution is -0.358. The maximum absolute atomic E-state index is 11.5. The van der Waals surface area contributed by atoms with E-state index in [1.165, 1.54) is 11.6 Å². The lowest BCUT2D eigenvalue weighted by Crippen LogP contribution is -2.63. The van der Waals surface area contributed by atoms with Gasteiger partial charge in [-0.3, -0.25) is 0 Å². The van der Waals surface area contributed by atoms with Crippen LogP contribution >= 0.6 is 0 Å². The SMILES string of the molecule is CCc1ccc(Cc2cc([C@]3(O)O[C@H](CO)[C@@H](O)[C@H](O)[C@H]3O)c(OC3CCC3)cc2C#N)cc1. The summed E-state index contributed by atoms with van der Waals surface area (Å²) in [6.45, 7) is 1.38. The first-order valence-electron chi connectivity index (χ1n) is 11.7. The zero-order chi connectivity index (χ0) is 24.5. The predicted octanol–water partition coefficient (Wildman–Crippen LogP) is 1.26. The van der Waals surface area contributed by atoms with E-state index in [-0.39, 0.29) is 17.4 Å². The molecule has 182 valence electrons. The fraction of sp³-hybridized carbons (Fsp3) is 0.500. The van der Waals surface area contributed by atoms with Gasteiger partial charge in [0.25, 0.3) is 0 Å². The van der Waals surface area contributed by atoms with Crippen LogP contribution in [0.5, 0.6) is 5.75 Å². The second-order valence-electron chi connectivity index (χ2n) is 9.10. The van der Waals surface area contributed by atoms with Crippen molar-refractivity contribution in [3.63, 3.8) is 0 Å². The van der Waals surface area contributed by atoms with E-state index in [2.05, 4.69) is 13.0 Å². The molecule has 2 fully saturated rings. The van der Waals surface area contributed by atoms with Crippen LogP contribution in [0.4, 0.5) is 0 Å². The Bertz CT molecular complexity index is 1040. The van der Waals surface area contributed by atoms with Crippen molar-refractivity contribution in [3.05, 3.63) is 64.2 Å². The minimum Gasteiger partial charge on any atom is -0.490 e. The van der Waals surface area contributed by atoms with Crippen molar-refractivity contribution in [3.8, 4) is 11.8 Å². The van der Waals surface area contributed by atoms with Gasteiger partial charge in [0.1, 0.15) is 30.2 Å². The summed E-state index contributed by atoms with van der Waals surface area (Å²) in [4.78, 5) is 0. The second kappa shape index (κ2) is 10.0. The number of aliphatic hydroxyl groups excluding tert-OH is 4.